The molecule has 3 aromatic rings. The Morgan fingerprint density at radius 2 is 2.03 bits per heavy atom. The molecule has 0 aliphatic carbocycles. The molecule has 0 spiro atoms. The van der Waals surface area contributed by atoms with E-state index in [1.165, 1.54) is 9.58 Å². The van der Waals surface area contributed by atoms with Gasteiger partial charge in [-0.1, -0.05) is 24.3 Å². The minimum absolute atomic E-state index is 0.113. The van der Waals surface area contributed by atoms with E-state index >= 15 is 0 Å². The van der Waals surface area contributed by atoms with Gasteiger partial charge in [-0.3, -0.25) is 14.3 Å². The lowest BCUT2D eigenvalue weighted by atomic mass is 10.1. The molecule has 0 aliphatic heterocycles. The number of hydrogen-bond acceptors (Lipinski definition) is 7. The first-order valence-corrected chi connectivity index (χ1v) is 10.3. The second-order valence-corrected chi connectivity index (χ2v) is 7.83. The van der Waals surface area contributed by atoms with Gasteiger partial charge >= 0.3 is 7.60 Å². The fourth-order valence-corrected chi connectivity index (χ4v) is 3.49. The van der Waals surface area contributed by atoms with E-state index in [9.17, 15) is 19.1 Å². The second kappa shape index (κ2) is 8.39. The average molecular weight is 417 g/mol. The number of carbonyl (C=O) groups is 1. The summed E-state index contributed by atoms with van der Waals surface area (Å²) in [6.45, 7) is 0.113. The first kappa shape index (κ1) is 20.5. The maximum atomic E-state index is 11.9. The molecule has 2 heterocycles. The Morgan fingerprint density at radius 3 is 2.66 bits per heavy atom. The number of carbonyl (C=O) groups excluding carboxylic acids is 1. The molecule has 0 saturated carbocycles. The number of nitrogens with two attached hydrogens (primary N) is 1. The van der Waals surface area contributed by atoms with Crippen LogP contribution in [0.25, 0.3) is 5.95 Å². The predicted molar refractivity (Wildman–Crippen MR) is 108 cm³/mol. The van der Waals surface area contributed by atoms with Gasteiger partial charge in [-0.25, -0.2) is 4.68 Å². The molecule has 0 aliphatic rings. The van der Waals surface area contributed by atoms with Gasteiger partial charge in [0.25, 0.3) is 5.95 Å². The Hall–Kier alpha value is -3.27. The summed E-state index contributed by atoms with van der Waals surface area (Å²) >= 11 is 0. The average Bonchev–Trinajstić information content (AvgIpc) is 3.19. The van der Waals surface area contributed by atoms with E-state index < -0.39 is 7.60 Å². The van der Waals surface area contributed by atoms with Crippen LogP contribution in [0.1, 0.15) is 11.1 Å². The number of nitrogens with one attached hydrogen (secondary N) is 1. The summed E-state index contributed by atoms with van der Waals surface area (Å²) in [5.41, 5.74) is 7.55. The largest absolute Gasteiger partial charge is 0.382 e. The highest BCUT2D eigenvalue weighted by Gasteiger charge is 2.20. The Kier molecular flexibility index (Phi) is 5.92. The maximum absolute atomic E-state index is 11.9. The molecule has 1 aromatic carbocycles. The highest BCUT2D eigenvalue weighted by Crippen LogP contribution is 2.39. The molecule has 0 unspecified atom stereocenters. The third kappa shape index (κ3) is 4.96. The van der Waals surface area contributed by atoms with Crippen molar-refractivity contribution >= 4 is 31.3 Å². The smallest absolute Gasteiger partial charge is 0.329 e. The third-order valence-corrected chi connectivity index (χ3v) is 4.77. The van der Waals surface area contributed by atoms with Crippen molar-refractivity contribution in [3.05, 3.63) is 53.9 Å². The highest BCUT2D eigenvalue weighted by atomic mass is 31.2. The predicted octanol–water partition coefficient (Wildman–Crippen LogP) is 1.13. The van der Waals surface area contributed by atoms with Crippen LogP contribution in [0, 0.1) is 0 Å². The second-order valence-electron chi connectivity index (χ2n) is 6.18. The quantitative estimate of drug-likeness (QED) is 0.311. The molecule has 29 heavy (non-hydrogen) atoms. The van der Waals surface area contributed by atoms with E-state index in [4.69, 9.17) is 5.73 Å². The number of aromatic nitrogens is 4. The molecule has 11 nitrogen and oxygen atoms in total. The minimum atomic E-state index is -4.20. The summed E-state index contributed by atoms with van der Waals surface area (Å²) < 4.78 is 12.7. The van der Waals surface area contributed by atoms with Gasteiger partial charge in [0.15, 0.2) is 11.6 Å². The Labute approximate surface area is 166 Å². The van der Waals surface area contributed by atoms with Gasteiger partial charge in [0, 0.05) is 19.4 Å². The molecule has 12 heteroatoms. The molecule has 152 valence electrons. The van der Waals surface area contributed by atoms with Crippen LogP contribution < -0.4 is 16.0 Å². The SMILES string of the molecule is CNc1c(N)nc(-n2cccn2)nc1N(C=O)Cc1cccc(CP(=O)(O)O)c1. The summed E-state index contributed by atoms with van der Waals surface area (Å²) in [6.07, 6.45) is 3.43. The molecule has 0 radical (unpaired) electrons. The zero-order valence-corrected chi connectivity index (χ0v) is 16.4. The maximum Gasteiger partial charge on any atom is 0.329 e. The normalized spacial score (nSPS) is 11.3. The lowest BCUT2D eigenvalue weighted by Crippen LogP contribution is -2.24. The van der Waals surface area contributed by atoms with Crippen LogP contribution in [0.4, 0.5) is 17.3 Å². The van der Waals surface area contributed by atoms with Gasteiger partial charge in [0.1, 0.15) is 5.69 Å². The molecule has 3 rings (SSSR count). The molecule has 2 aromatic heterocycles. The molecule has 1 amide bonds. The summed E-state index contributed by atoms with van der Waals surface area (Å²) in [5, 5.41) is 6.97. The Bertz CT molecular complexity index is 1050. The number of hydrogen-bond donors (Lipinski definition) is 4. The number of rotatable bonds is 8. The van der Waals surface area contributed by atoms with Gasteiger partial charge in [0.05, 0.1) is 12.7 Å². The van der Waals surface area contributed by atoms with Crippen molar-refractivity contribution < 1.29 is 19.1 Å². The fourth-order valence-electron chi connectivity index (χ4n) is 2.81. The monoisotopic (exact) mass is 417 g/mol. The van der Waals surface area contributed by atoms with Gasteiger partial charge < -0.3 is 20.8 Å². The van der Waals surface area contributed by atoms with Crippen LogP contribution in [0.2, 0.25) is 0 Å². The number of benzene rings is 1. The van der Waals surface area contributed by atoms with Crippen molar-refractivity contribution in [3.8, 4) is 5.95 Å². The standard InChI is InChI=1S/C17H20N7O4P/c1-19-14-15(18)21-17(24-7-3-6-20-24)22-16(14)23(11-25)9-12-4-2-5-13(8-12)10-29(26,27)28/h2-8,11,19H,9-10H2,1H3,(H2,18,21,22)(H2,26,27,28). The van der Waals surface area contributed by atoms with Crippen molar-refractivity contribution in [2.75, 3.05) is 23.0 Å². The number of amides is 1. The molecular formula is C17H20N7O4P. The van der Waals surface area contributed by atoms with Gasteiger partial charge in [0.2, 0.25) is 6.41 Å². The van der Waals surface area contributed by atoms with Gasteiger partial charge in [-0.05, 0) is 17.2 Å². The lowest BCUT2D eigenvalue weighted by molar-refractivity contribution is -0.107. The summed E-state index contributed by atoms with van der Waals surface area (Å²) in [5.74, 6) is 0.592. The van der Waals surface area contributed by atoms with Crippen molar-refractivity contribution in [1.29, 1.82) is 0 Å². The molecule has 5 N–H and O–H groups in total. The summed E-state index contributed by atoms with van der Waals surface area (Å²) in [7, 11) is -2.57. The van der Waals surface area contributed by atoms with E-state index in [1.54, 1.807) is 49.8 Å². The van der Waals surface area contributed by atoms with Crippen molar-refractivity contribution in [2.45, 2.75) is 12.7 Å². The van der Waals surface area contributed by atoms with Crippen LogP contribution in [0.15, 0.2) is 42.7 Å². The van der Waals surface area contributed by atoms with E-state index in [0.29, 0.717) is 23.2 Å². The van der Waals surface area contributed by atoms with Crippen LogP contribution in [-0.2, 0) is 22.1 Å². The van der Waals surface area contributed by atoms with Crippen molar-refractivity contribution in [2.24, 2.45) is 0 Å². The van der Waals surface area contributed by atoms with E-state index in [-0.39, 0.29) is 30.3 Å². The zero-order chi connectivity index (χ0) is 21.0. The van der Waals surface area contributed by atoms with Crippen molar-refractivity contribution in [3.63, 3.8) is 0 Å². The Balaban J connectivity index is 1.97. The summed E-state index contributed by atoms with van der Waals surface area (Å²) in [4.78, 5) is 40.2. The lowest BCUT2D eigenvalue weighted by Gasteiger charge is -2.21. The topological polar surface area (TPSA) is 159 Å². The number of anilines is 3. The highest BCUT2D eigenvalue weighted by molar-refractivity contribution is 7.50. The van der Waals surface area contributed by atoms with Gasteiger partial charge in [-0.2, -0.15) is 15.1 Å². The van der Waals surface area contributed by atoms with E-state index in [2.05, 4.69) is 20.4 Å². The Morgan fingerprint density at radius 1 is 1.28 bits per heavy atom. The minimum Gasteiger partial charge on any atom is -0.382 e. The molecule has 0 saturated heterocycles. The van der Waals surface area contributed by atoms with E-state index in [1.807, 2.05) is 0 Å². The van der Waals surface area contributed by atoms with Gasteiger partial charge in [-0.15, -0.1) is 0 Å². The number of nitrogen functional groups attached to an aromatic ring is 1. The van der Waals surface area contributed by atoms with Crippen LogP contribution in [0.3, 0.4) is 0 Å². The molecule has 0 fully saturated rings. The molecular weight excluding hydrogens is 397 g/mol. The van der Waals surface area contributed by atoms with Crippen LogP contribution in [0.5, 0.6) is 0 Å². The fraction of sp³-hybridized carbons (Fsp3) is 0.176. The van der Waals surface area contributed by atoms with Crippen molar-refractivity contribution in [1.82, 2.24) is 19.7 Å². The zero-order valence-electron chi connectivity index (χ0n) is 15.5. The van der Waals surface area contributed by atoms with Crippen LogP contribution in [-0.4, -0.2) is 43.0 Å². The molecule has 0 atom stereocenters. The first-order chi connectivity index (χ1) is 13.8. The third-order valence-electron chi connectivity index (χ3n) is 4.00. The van der Waals surface area contributed by atoms with E-state index in [0.717, 1.165) is 0 Å². The number of nitrogens with zero attached hydrogens (tertiary/aromatic N) is 5. The first-order valence-electron chi connectivity index (χ1n) is 8.50. The van der Waals surface area contributed by atoms with Crippen LogP contribution >= 0.6 is 7.60 Å². The summed E-state index contributed by atoms with van der Waals surface area (Å²) in [6, 6.07) is 8.37. The molecule has 0 bridgehead atoms.